The Morgan fingerprint density at radius 3 is 2.75 bits per heavy atom. The van der Waals surface area contributed by atoms with Crippen molar-refractivity contribution >= 4 is 22.4 Å². The molecule has 1 fully saturated rings. The highest BCUT2D eigenvalue weighted by atomic mass is 35.5. The minimum Gasteiger partial charge on any atom is -0.314 e. The first kappa shape index (κ1) is 16.0. The van der Waals surface area contributed by atoms with Crippen LogP contribution in [0.25, 0.3) is 0 Å². The summed E-state index contributed by atoms with van der Waals surface area (Å²) in [6, 6.07) is 8.27. The molecule has 0 saturated heterocycles. The number of nitrogens with one attached hydrogen (secondary N) is 1. The number of halogens is 1. The van der Waals surface area contributed by atoms with E-state index in [0.29, 0.717) is 17.0 Å². The monoisotopic (exact) mass is 313 g/mol. The third-order valence-corrected chi connectivity index (χ3v) is 5.94. The highest BCUT2D eigenvalue weighted by molar-refractivity contribution is 7.84. The molecular formula is C16H24ClNOS. The van der Waals surface area contributed by atoms with Crippen molar-refractivity contribution in [1.82, 2.24) is 5.32 Å². The standard InChI is InChI=1S/C16H24ClNOS/c1-2-10-18-15-4-3-5-16(11-15)20(19)12-13-6-8-14(17)9-7-13/h6-9,15-16,18H,2-5,10-12H2,1H3. The van der Waals surface area contributed by atoms with Crippen LogP contribution in [0.1, 0.15) is 44.6 Å². The quantitative estimate of drug-likeness (QED) is 0.863. The molecule has 0 radical (unpaired) electrons. The van der Waals surface area contributed by atoms with Gasteiger partial charge in [-0.2, -0.15) is 0 Å². The molecule has 3 atom stereocenters. The largest absolute Gasteiger partial charge is 0.314 e. The van der Waals surface area contributed by atoms with E-state index < -0.39 is 10.8 Å². The lowest BCUT2D eigenvalue weighted by atomic mass is 9.95. The van der Waals surface area contributed by atoms with Crippen LogP contribution in [0.4, 0.5) is 0 Å². The number of rotatable bonds is 6. The number of hydrogen-bond acceptors (Lipinski definition) is 2. The van der Waals surface area contributed by atoms with Crippen LogP contribution in [0.3, 0.4) is 0 Å². The van der Waals surface area contributed by atoms with Gasteiger partial charge in [0, 0.05) is 32.9 Å². The smallest absolute Gasteiger partial charge is 0.0488 e. The average molecular weight is 314 g/mol. The normalized spacial score (nSPS) is 24.5. The van der Waals surface area contributed by atoms with E-state index in [0.717, 1.165) is 36.4 Å². The van der Waals surface area contributed by atoms with Gasteiger partial charge >= 0.3 is 0 Å². The van der Waals surface area contributed by atoms with Gasteiger partial charge in [0.2, 0.25) is 0 Å². The van der Waals surface area contributed by atoms with Gasteiger partial charge in [0.25, 0.3) is 0 Å². The molecule has 1 N–H and O–H groups in total. The second-order valence-corrected chi connectivity index (χ2v) is 7.74. The molecule has 2 rings (SSSR count). The van der Waals surface area contributed by atoms with E-state index in [2.05, 4.69) is 12.2 Å². The Labute approximate surface area is 129 Å². The zero-order valence-corrected chi connectivity index (χ0v) is 13.7. The Morgan fingerprint density at radius 1 is 1.30 bits per heavy atom. The molecule has 0 aliphatic heterocycles. The predicted molar refractivity (Wildman–Crippen MR) is 87.6 cm³/mol. The van der Waals surface area contributed by atoms with E-state index >= 15 is 0 Å². The molecule has 112 valence electrons. The van der Waals surface area contributed by atoms with Crippen LogP contribution in [0, 0.1) is 0 Å². The molecule has 0 spiro atoms. The van der Waals surface area contributed by atoms with Gasteiger partial charge in [0.15, 0.2) is 0 Å². The summed E-state index contributed by atoms with van der Waals surface area (Å²) in [5.74, 6) is 0.655. The van der Waals surface area contributed by atoms with Crippen LogP contribution in [0.15, 0.2) is 24.3 Å². The Balaban J connectivity index is 1.86. The Kier molecular flexibility index (Phi) is 6.53. The Bertz CT molecular complexity index is 435. The summed E-state index contributed by atoms with van der Waals surface area (Å²) in [7, 11) is -0.773. The van der Waals surface area contributed by atoms with Crippen LogP contribution >= 0.6 is 11.6 Å². The summed E-state index contributed by atoms with van der Waals surface area (Å²) >= 11 is 5.88. The zero-order valence-electron chi connectivity index (χ0n) is 12.1. The summed E-state index contributed by atoms with van der Waals surface area (Å²) in [6.45, 7) is 3.26. The predicted octanol–water partition coefficient (Wildman–Crippen LogP) is 3.90. The van der Waals surface area contributed by atoms with Crippen LogP contribution in [0.5, 0.6) is 0 Å². The molecule has 0 amide bonds. The highest BCUT2D eigenvalue weighted by Crippen LogP contribution is 2.24. The summed E-state index contributed by atoms with van der Waals surface area (Å²) < 4.78 is 12.5. The molecule has 1 saturated carbocycles. The molecule has 1 aromatic carbocycles. The fraction of sp³-hybridized carbons (Fsp3) is 0.625. The van der Waals surface area contributed by atoms with Crippen molar-refractivity contribution in [2.75, 3.05) is 6.54 Å². The topological polar surface area (TPSA) is 29.1 Å². The number of hydrogen-bond donors (Lipinski definition) is 1. The lowest BCUT2D eigenvalue weighted by Gasteiger charge is -2.29. The van der Waals surface area contributed by atoms with Crippen molar-refractivity contribution in [2.24, 2.45) is 0 Å². The maximum absolute atomic E-state index is 12.5. The van der Waals surface area contributed by atoms with Crippen molar-refractivity contribution < 1.29 is 4.21 Å². The second-order valence-electron chi connectivity index (χ2n) is 5.59. The minimum absolute atomic E-state index is 0.341. The number of benzene rings is 1. The molecule has 0 aromatic heterocycles. The summed E-state index contributed by atoms with van der Waals surface area (Å²) in [5.41, 5.74) is 1.12. The van der Waals surface area contributed by atoms with Gasteiger partial charge < -0.3 is 5.32 Å². The summed E-state index contributed by atoms with van der Waals surface area (Å²) in [5, 5.41) is 4.65. The fourth-order valence-electron chi connectivity index (χ4n) is 2.78. The third kappa shape index (κ3) is 4.87. The van der Waals surface area contributed by atoms with E-state index in [4.69, 9.17) is 11.6 Å². The van der Waals surface area contributed by atoms with Gasteiger partial charge in [-0.3, -0.25) is 4.21 Å². The molecule has 0 heterocycles. The van der Waals surface area contributed by atoms with E-state index in [1.807, 2.05) is 24.3 Å². The lowest BCUT2D eigenvalue weighted by molar-refractivity contribution is 0.377. The SMILES string of the molecule is CCCNC1CCCC(S(=O)Cc2ccc(Cl)cc2)C1. The van der Waals surface area contributed by atoms with Crippen LogP contribution in [-0.2, 0) is 16.6 Å². The van der Waals surface area contributed by atoms with Gasteiger partial charge in [0.05, 0.1) is 0 Å². The van der Waals surface area contributed by atoms with Crippen molar-refractivity contribution in [2.45, 2.75) is 56.1 Å². The molecular weight excluding hydrogens is 290 g/mol. The van der Waals surface area contributed by atoms with Gasteiger partial charge in [-0.15, -0.1) is 0 Å². The molecule has 1 aromatic rings. The highest BCUT2D eigenvalue weighted by Gasteiger charge is 2.25. The molecule has 0 bridgehead atoms. The van der Waals surface area contributed by atoms with Crippen molar-refractivity contribution in [3.8, 4) is 0 Å². The first-order chi connectivity index (χ1) is 9.69. The second kappa shape index (κ2) is 8.16. The Morgan fingerprint density at radius 2 is 2.05 bits per heavy atom. The van der Waals surface area contributed by atoms with Crippen molar-refractivity contribution in [3.63, 3.8) is 0 Å². The average Bonchev–Trinajstić information content (AvgIpc) is 2.48. The molecule has 20 heavy (non-hydrogen) atoms. The first-order valence-corrected chi connectivity index (χ1v) is 9.30. The van der Waals surface area contributed by atoms with E-state index in [1.54, 1.807) is 0 Å². The summed E-state index contributed by atoms with van der Waals surface area (Å²) in [6.07, 6.45) is 5.74. The van der Waals surface area contributed by atoms with Crippen LogP contribution in [-0.4, -0.2) is 22.0 Å². The van der Waals surface area contributed by atoms with E-state index in [1.165, 1.54) is 12.8 Å². The van der Waals surface area contributed by atoms with E-state index in [-0.39, 0.29) is 0 Å². The Hall–Kier alpha value is -0.380. The molecule has 1 aliphatic carbocycles. The van der Waals surface area contributed by atoms with E-state index in [9.17, 15) is 4.21 Å². The first-order valence-electron chi connectivity index (χ1n) is 7.54. The molecule has 3 unspecified atom stereocenters. The lowest BCUT2D eigenvalue weighted by Crippen LogP contribution is -2.38. The maximum atomic E-state index is 12.5. The maximum Gasteiger partial charge on any atom is 0.0488 e. The van der Waals surface area contributed by atoms with Crippen LogP contribution in [0.2, 0.25) is 5.02 Å². The van der Waals surface area contributed by atoms with Gasteiger partial charge in [-0.05, 0) is 49.9 Å². The minimum atomic E-state index is -0.773. The van der Waals surface area contributed by atoms with Gasteiger partial charge in [-0.1, -0.05) is 37.1 Å². The fourth-order valence-corrected chi connectivity index (χ4v) is 4.54. The van der Waals surface area contributed by atoms with Gasteiger partial charge in [0.1, 0.15) is 0 Å². The van der Waals surface area contributed by atoms with Gasteiger partial charge in [-0.25, -0.2) is 0 Å². The third-order valence-electron chi connectivity index (χ3n) is 3.90. The molecule has 4 heteroatoms. The zero-order chi connectivity index (χ0) is 14.4. The van der Waals surface area contributed by atoms with Crippen molar-refractivity contribution in [3.05, 3.63) is 34.9 Å². The van der Waals surface area contributed by atoms with Crippen molar-refractivity contribution in [1.29, 1.82) is 0 Å². The van der Waals surface area contributed by atoms with Crippen LogP contribution < -0.4 is 5.32 Å². The molecule has 2 nitrogen and oxygen atoms in total. The summed E-state index contributed by atoms with van der Waals surface area (Å²) in [4.78, 5) is 0. The molecule has 1 aliphatic rings.